The number of nitrogens with one attached hydrogen (secondary N) is 1. The molecule has 1 fully saturated rings. The highest BCUT2D eigenvalue weighted by molar-refractivity contribution is 6.30. The van der Waals surface area contributed by atoms with Crippen LogP contribution in [0.1, 0.15) is 20.3 Å². The van der Waals surface area contributed by atoms with Crippen LogP contribution in [0.25, 0.3) is 0 Å². The van der Waals surface area contributed by atoms with E-state index < -0.39 is 0 Å². The van der Waals surface area contributed by atoms with Crippen molar-refractivity contribution in [1.82, 2.24) is 10.2 Å². The van der Waals surface area contributed by atoms with Gasteiger partial charge in [0.05, 0.1) is 0 Å². The second-order valence-electron chi connectivity index (χ2n) is 5.28. The van der Waals surface area contributed by atoms with Crippen molar-refractivity contribution in [1.29, 1.82) is 0 Å². The van der Waals surface area contributed by atoms with Gasteiger partial charge < -0.3 is 15.0 Å². The van der Waals surface area contributed by atoms with E-state index in [2.05, 4.69) is 5.32 Å². The number of carbonyl (C=O) groups excluding carboxylic acids is 1. The molecule has 0 saturated carbocycles. The average Bonchev–Trinajstić information content (AvgIpc) is 2.91. The first-order valence-corrected chi connectivity index (χ1v) is 7.36. The van der Waals surface area contributed by atoms with Gasteiger partial charge in [0.25, 0.3) is 5.91 Å². The molecule has 1 N–H and O–H groups in total. The van der Waals surface area contributed by atoms with Crippen LogP contribution >= 0.6 is 11.6 Å². The van der Waals surface area contributed by atoms with Crippen molar-refractivity contribution in [2.24, 2.45) is 0 Å². The van der Waals surface area contributed by atoms with Crippen LogP contribution in [0.5, 0.6) is 5.75 Å². The number of ether oxygens (including phenoxy) is 1. The van der Waals surface area contributed by atoms with Gasteiger partial charge in [0.15, 0.2) is 6.61 Å². The van der Waals surface area contributed by atoms with Gasteiger partial charge in [-0.25, -0.2) is 0 Å². The Hall–Kier alpha value is -1.26. The average molecular weight is 297 g/mol. The SMILES string of the molecule is CC(C)N(C(=O)COc1ccc(Cl)cc1)C1CCNC1. The molecule has 110 valence electrons. The molecule has 0 aliphatic carbocycles. The first kappa shape index (κ1) is 15.1. The molecule has 1 unspecified atom stereocenters. The van der Waals surface area contributed by atoms with Crippen LogP contribution in [0.4, 0.5) is 0 Å². The maximum Gasteiger partial charge on any atom is 0.261 e. The Morgan fingerprint density at radius 3 is 2.70 bits per heavy atom. The first-order chi connectivity index (χ1) is 9.58. The first-order valence-electron chi connectivity index (χ1n) is 6.98. The fourth-order valence-corrected chi connectivity index (χ4v) is 2.67. The summed E-state index contributed by atoms with van der Waals surface area (Å²) < 4.78 is 5.54. The summed E-state index contributed by atoms with van der Waals surface area (Å²) in [4.78, 5) is 14.3. The van der Waals surface area contributed by atoms with Crippen molar-refractivity contribution in [3.63, 3.8) is 0 Å². The van der Waals surface area contributed by atoms with E-state index in [-0.39, 0.29) is 24.6 Å². The van der Waals surface area contributed by atoms with Gasteiger partial charge in [0.2, 0.25) is 0 Å². The molecule has 20 heavy (non-hydrogen) atoms. The Morgan fingerprint density at radius 2 is 2.15 bits per heavy atom. The Balaban J connectivity index is 1.92. The zero-order valence-electron chi connectivity index (χ0n) is 11.9. The molecule has 1 saturated heterocycles. The van der Waals surface area contributed by atoms with Gasteiger partial charge in [0, 0.05) is 23.7 Å². The van der Waals surface area contributed by atoms with E-state index in [1.54, 1.807) is 24.3 Å². The van der Waals surface area contributed by atoms with Crippen molar-refractivity contribution in [3.8, 4) is 5.75 Å². The normalized spacial score (nSPS) is 18.3. The van der Waals surface area contributed by atoms with Crippen LogP contribution in [0, 0.1) is 0 Å². The minimum Gasteiger partial charge on any atom is -0.484 e. The number of carbonyl (C=O) groups is 1. The van der Waals surface area contributed by atoms with Crippen LogP contribution in [-0.4, -0.2) is 42.6 Å². The highest BCUT2D eigenvalue weighted by Gasteiger charge is 2.28. The second kappa shape index (κ2) is 6.95. The Labute approximate surface area is 125 Å². The molecule has 0 spiro atoms. The number of benzene rings is 1. The third kappa shape index (κ3) is 3.87. The van der Waals surface area contributed by atoms with E-state index in [9.17, 15) is 4.79 Å². The van der Waals surface area contributed by atoms with E-state index in [0.29, 0.717) is 10.8 Å². The molecule has 1 aliphatic rings. The Bertz CT molecular complexity index is 442. The largest absolute Gasteiger partial charge is 0.484 e. The molecule has 1 amide bonds. The molecule has 4 nitrogen and oxygen atoms in total. The summed E-state index contributed by atoms with van der Waals surface area (Å²) >= 11 is 5.81. The summed E-state index contributed by atoms with van der Waals surface area (Å²) in [6.45, 7) is 5.98. The van der Waals surface area contributed by atoms with E-state index in [4.69, 9.17) is 16.3 Å². The van der Waals surface area contributed by atoms with E-state index in [1.165, 1.54) is 0 Å². The summed E-state index contributed by atoms with van der Waals surface area (Å²) in [5.41, 5.74) is 0. The molecule has 1 heterocycles. The molecule has 5 heteroatoms. The molecule has 2 rings (SSSR count). The zero-order chi connectivity index (χ0) is 14.5. The maximum atomic E-state index is 12.4. The standard InChI is InChI=1S/C15H21ClN2O2/c1-11(2)18(13-7-8-17-9-13)15(19)10-20-14-5-3-12(16)4-6-14/h3-6,11,13,17H,7-10H2,1-2H3. The number of halogens is 1. The molecule has 0 aromatic heterocycles. The fourth-order valence-electron chi connectivity index (χ4n) is 2.54. The smallest absolute Gasteiger partial charge is 0.261 e. The lowest BCUT2D eigenvalue weighted by Gasteiger charge is -2.32. The van der Waals surface area contributed by atoms with E-state index >= 15 is 0 Å². The monoisotopic (exact) mass is 296 g/mol. The van der Waals surface area contributed by atoms with Gasteiger partial charge >= 0.3 is 0 Å². The number of hydrogen-bond donors (Lipinski definition) is 1. The molecule has 0 radical (unpaired) electrons. The van der Waals surface area contributed by atoms with Crippen molar-refractivity contribution < 1.29 is 9.53 Å². The number of amides is 1. The van der Waals surface area contributed by atoms with Gasteiger partial charge in [0.1, 0.15) is 5.75 Å². The lowest BCUT2D eigenvalue weighted by molar-refractivity contribution is -0.137. The number of hydrogen-bond acceptors (Lipinski definition) is 3. The third-order valence-electron chi connectivity index (χ3n) is 3.45. The van der Waals surface area contributed by atoms with Crippen LogP contribution in [0.3, 0.4) is 0 Å². The lowest BCUT2D eigenvalue weighted by Crippen LogP contribution is -2.47. The minimum atomic E-state index is 0.0312. The second-order valence-corrected chi connectivity index (χ2v) is 5.72. The number of rotatable bonds is 5. The van der Waals surface area contributed by atoms with Gasteiger partial charge in [-0.05, 0) is 51.1 Å². The molecular weight excluding hydrogens is 276 g/mol. The summed E-state index contributed by atoms with van der Waals surface area (Å²) in [5, 5.41) is 3.95. The summed E-state index contributed by atoms with van der Waals surface area (Å²) in [7, 11) is 0. The van der Waals surface area contributed by atoms with Crippen molar-refractivity contribution in [3.05, 3.63) is 29.3 Å². The van der Waals surface area contributed by atoms with E-state index in [1.807, 2.05) is 18.7 Å². The van der Waals surface area contributed by atoms with Crippen LogP contribution in [0.15, 0.2) is 24.3 Å². The predicted octanol–water partition coefficient (Wildman–Crippen LogP) is 2.32. The van der Waals surface area contributed by atoms with Gasteiger partial charge in [-0.2, -0.15) is 0 Å². The van der Waals surface area contributed by atoms with Crippen molar-refractivity contribution >= 4 is 17.5 Å². The van der Waals surface area contributed by atoms with Crippen LogP contribution in [0.2, 0.25) is 5.02 Å². The lowest BCUT2D eigenvalue weighted by atomic mass is 10.1. The summed E-state index contributed by atoms with van der Waals surface area (Å²) in [5.74, 6) is 0.694. The zero-order valence-corrected chi connectivity index (χ0v) is 12.7. The maximum absolute atomic E-state index is 12.4. The van der Waals surface area contributed by atoms with Gasteiger partial charge in [-0.3, -0.25) is 4.79 Å². The van der Waals surface area contributed by atoms with Crippen LogP contribution < -0.4 is 10.1 Å². The highest BCUT2D eigenvalue weighted by atomic mass is 35.5. The minimum absolute atomic E-state index is 0.0312. The van der Waals surface area contributed by atoms with Crippen LogP contribution in [-0.2, 0) is 4.79 Å². The van der Waals surface area contributed by atoms with Gasteiger partial charge in [-0.1, -0.05) is 11.6 Å². The van der Waals surface area contributed by atoms with E-state index in [0.717, 1.165) is 19.5 Å². The molecule has 1 aliphatic heterocycles. The summed E-state index contributed by atoms with van der Waals surface area (Å²) in [6.07, 6.45) is 1.00. The Kier molecular flexibility index (Phi) is 5.26. The molecular formula is C15H21ClN2O2. The molecule has 1 aromatic rings. The predicted molar refractivity (Wildman–Crippen MR) is 80.2 cm³/mol. The van der Waals surface area contributed by atoms with Crippen molar-refractivity contribution in [2.75, 3.05) is 19.7 Å². The molecule has 1 atom stereocenters. The highest BCUT2D eigenvalue weighted by Crippen LogP contribution is 2.17. The fraction of sp³-hybridized carbons (Fsp3) is 0.533. The Morgan fingerprint density at radius 1 is 1.45 bits per heavy atom. The molecule has 0 bridgehead atoms. The van der Waals surface area contributed by atoms with Crippen molar-refractivity contribution in [2.45, 2.75) is 32.4 Å². The quantitative estimate of drug-likeness (QED) is 0.907. The topological polar surface area (TPSA) is 41.6 Å². The summed E-state index contributed by atoms with van der Waals surface area (Å²) in [6, 6.07) is 7.50. The number of nitrogens with zero attached hydrogens (tertiary/aromatic N) is 1. The molecule has 1 aromatic carbocycles. The third-order valence-corrected chi connectivity index (χ3v) is 3.70. The van der Waals surface area contributed by atoms with Gasteiger partial charge in [-0.15, -0.1) is 0 Å².